The fourth-order valence-electron chi connectivity index (χ4n) is 3.45. The van der Waals surface area contributed by atoms with E-state index in [1.54, 1.807) is 29.2 Å². The number of carbonyl (C=O) groups excluding carboxylic acids is 4. The van der Waals surface area contributed by atoms with Crippen molar-refractivity contribution < 1.29 is 19.2 Å². The minimum Gasteiger partial charge on any atom is -0.345 e. The van der Waals surface area contributed by atoms with Crippen molar-refractivity contribution in [1.82, 2.24) is 10.2 Å². The monoisotopic (exact) mass is 363 g/mol. The molecule has 0 fully saturated rings. The predicted molar refractivity (Wildman–Crippen MR) is 97.3 cm³/mol. The topological polar surface area (TPSA) is 86.8 Å². The van der Waals surface area contributed by atoms with Crippen LogP contribution in [0.5, 0.6) is 0 Å². The van der Waals surface area contributed by atoms with Crippen LogP contribution in [0.25, 0.3) is 0 Å². The van der Waals surface area contributed by atoms with E-state index in [2.05, 4.69) is 5.32 Å². The summed E-state index contributed by atoms with van der Waals surface area (Å²) < 4.78 is 0. The van der Waals surface area contributed by atoms with Gasteiger partial charge in [0.2, 0.25) is 11.8 Å². The number of fused-ring (bicyclic) bond motifs is 2. The maximum atomic E-state index is 12.4. The van der Waals surface area contributed by atoms with Crippen molar-refractivity contribution in [3.63, 3.8) is 0 Å². The van der Waals surface area contributed by atoms with E-state index in [1.807, 2.05) is 24.3 Å². The lowest BCUT2D eigenvalue weighted by atomic mass is 10.1. The molecule has 2 heterocycles. The predicted octanol–water partition coefficient (Wildman–Crippen LogP) is 0.988. The van der Waals surface area contributed by atoms with Gasteiger partial charge >= 0.3 is 0 Å². The number of hydrogen-bond donors (Lipinski definition) is 1. The molecule has 7 heteroatoms. The molecule has 0 unspecified atom stereocenters. The standard InChI is InChI=1S/C20H17N3O4/c24-17(12-23-19(26)14-6-2-3-7-15(14)20(23)27)21-11-18(25)22-10-9-13-5-1-4-8-16(13)22/h1-8H,9-12H2,(H,21,24). The second-order valence-corrected chi connectivity index (χ2v) is 6.44. The average molecular weight is 363 g/mol. The molecule has 0 aromatic heterocycles. The van der Waals surface area contributed by atoms with Crippen molar-refractivity contribution in [2.24, 2.45) is 0 Å². The summed E-state index contributed by atoms with van der Waals surface area (Å²) in [6, 6.07) is 14.1. The first kappa shape index (κ1) is 17.0. The molecule has 4 rings (SSSR count). The first-order chi connectivity index (χ1) is 13.1. The molecule has 7 nitrogen and oxygen atoms in total. The van der Waals surface area contributed by atoms with Crippen molar-refractivity contribution in [2.75, 3.05) is 24.5 Å². The molecule has 1 N–H and O–H groups in total. The number of imide groups is 1. The highest BCUT2D eigenvalue weighted by molar-refractivity contribution is 6.22. The molecule has 2 aliphatic heterocycles. The summed E-state index contributed by atoms with van der Waals surface area (Å²) in [6.45, 7) is -0.0149. The van der Waals surface area contributed by atoms with Crippen LogP contribution in [0.4, 0.5) is 5.69 Å². The highest BCUT2D eigenvalue weighted by Crippen LogP contribution is 2.27. The van der Waals surface area contributed by atoms with Crippen LogP contribution in [-0.2, 0) is 16.0 Å². The van der Waals surface area contributed by atoms with Gasteiger partial charge in [-0.1, -0.05) is 30.3 Å². The number of nitrogens with zero attached hydrogens (tertiary/aromatic N) is 2. The number of nitrogens with one attached hydrogen (secondary N) is 1. The van der Waals surface area contributed by atoms with E-state index < -0.39 is 24.3 Å². The van der Waals surface area contributed by atoms with Gasteiger partial charge in [0, 0.05) is 12.2 Å². The van der Waals surface area contributed by atoms with Crippen molar-refractivity contribution in [3.8, 4) is 0 Å². The summed E-state index contributed by atoms with van der Waals surface area (Å²) in [7, 11) is 0. The Labute approximate surface area is 155 Å². The van der Waals surface area contributed by atoms with E-state index in [-0.39, 0.29) is 12.5 Å². The van der Waals surface area contributed by atoms with Crippen molar-refractivity contribution in [2.45, 2.75) is 6.42 Å². The molecule has 0 atom stereocenters. The molecule has 2 aliphatic rings. The third-order valence-corrected chi connectivity index (χ3v) is 4.80. The number of amides is 4. The Hall–Kier alpha value is -3.48. The molecule has 4 amide bonds. The van der Waals surface area contributed by atoms with Crippen LogP contribution in [0.15, 0.2) is 48.5 Å². The second kappa shape index (κ2) is 6.68. The van der Waals surface area contributed by atoms with E-state index >= 15 is 0 Å². The van der Waals surface area contributed by atoms with E-state index in [4.69, 9.17) is 0 Å². The van der Waals surface area contributed by atoms with Gasteiger partial charge in [-0.25, -0.2) is 0 Å². The Bertz CT molecular complexity index is 934. The number of para-hydroxylation sites is 1. The Balaban J connectivity index is 1.35. The summed E-state index contributed by atoms with van der Waals surface area (Å²) in [6.07, 6.45) is 0.783. The molecule has 2 aromatic rings. The Kier molecular flexibility index (Phi) is 4.19. The van der Waals surface area contributed by atoms with Crippen LogP contribution in [0.3, 0.4) is 0 Å². The normalized spacial score (nSPS) is 15.0. The number of rotatable bonds is 4. The summed E-state index contributed by atoms with van der Waals surface area (Å²) in [5.74, 6) is -1.77. The van der Waals surface area contributed by atoms with Crippen LogP contribution < -0.4 is 10.2 Å². The number of benzene rings is 2. The van der Waals surface area contributed by atoms with Gasteiger partial charge in [-0.3, -0.25) is 24.1 Å². The lowest BCUT2D eigenvalue weighted by molar-refractivity contribution is -0.125. The van der Waals surface area contributed by atoms with Crippen LogP contribution >= 0.6 is 0 Å². The zero-order chi connectivity index (χ0) is 19.0. The van der Waals surface area contributed by atoms with E-state index in [0.717, 1.165) is 22.6 Å². The van der Waals surface area contributed by atoms with E-state index in [0.29, 0.717) is 17.7 Å². The second-order valence-electron chi connectivity index (χ2n) is 6.44. The van der Waals surface area contributed by atoms with Gasteiger partial charge in [0.1, 0.15) is 6.54 Å². The highest BCUT2D eigenvalue weighted by atomic mass is 16.2. The number of hydrogen-bond acceptors (Lipinski definition) is 4. The lowest BCUT2D eigenvalue weighted by Gasteiger charge is -2.18. The first-order valence-electron chi connectivity index (χ1n) is 8.66. The molecule has 0 radical (unpaired) electrons. The lowest BCUT2D eigenvalue weighted by Crippen LogP contribution is -2.44. The SMILES string of the molecule is O=C(CN1C(=O)c2ccccc2C1=O)NCC(=O)N1CCc2ccccc21. The Morgan fingerprint density at radius 2 is 1.56 bits per heavy atom. The van der Waals surface area contributed by atoms with Gasteiger partial charge in [-0.2, -0.15) is 0 Å². The van der Waals surface area contributed by atoms with E-state index in [9.17, 15) is 19.2 Å². The van der Waals surface area contributed by atoms with E-state index in [1.165, 1.54) is 0 Å². The van der Waals surface area contributed by atoms with Gasteiger partial charge in [-0.15, -0.1) is 0 Å². The van der Waals surface area contributed by atoms with Crippen LogP contribution in [0.2, 0.25) is 0 Å². The Morgan fingerprint density at radius 1 is 0.926 bits per heavy atom. The minimum absolute atomic E-state index is 0.184. The fourth-order valence-corrected chi connectivity index (χ4v) is 3.45. The van der Waals surface area contributed by atoms with Crippen molar-refractivity contribution >= 4 is 29.3 Å². The highest BCUT2D eigenvalue weighted by Gasteiger charge is 2.36. The van der Waals surface area contributed by atoms with Crippen molar-refractivity contribution in [3.05, 3.63) is 65.2 Å². The molecule has 0 aliphatic carbocycles. The molecule has 0 saturated carbocycles. The summed E-state index contributed by atoms with van der Waals surface area (Å²) in [5, 5.41) is 2.51. The third-order valence-electron chi connectivity index (χ3n) is 4.80. The molecule has 136 valence electrons. The molecule has 0 bridgehead atoms. The summed E-state index contributed by atoms with van der Waals surface area (Å²) in [5.41, 5.74) is 2.54. The van der Waals surface area contributed by atoms with Crippen LogP contribution in [0, 0.1) is 0 Å². The largest absolute Gasteiger partial charge is 0.345 e. The minimum atomic E-state index is -0.551. The number of anilines is 1. The molecule has 27 heavy (non-hydrogen) atoms. The molecular weight excluding hydrogens is 346 g/mol. The van der Waals surface area contributed by atoms with Gasteiger partial charge in [0.05, 0.1) is 17.7 Å². The average Bonchev–Trinajstić information content (AvgIpc) is 3.22. The molecule has 0 spiro atoms. The fraction of sp³-hybridized carbons (Fsp3) is 0.200. The summed E-state index contributed by atoms with van der Waals surface area (Å²) >= 11 is 0. The smallest absolute Gasteiger partial charge is 0.262 e. The maximum absolute atomic E-state index is 12.4. The van der Waals surface area contributed by atoms with Crippen LogP contribution in [-0.4, -0.2) is 48.2 Å². The van der Waals surface area contributed by atoms with Crippen molar-refractivity contribution in [1.29, 1.82) is 0 Å². The first-order valence-corrected chi connectivity index (χ1v) is 8.66. The van der Waals surface area contributed by atoms with Gasteiger partial charge in [-0.05, 0) is 30.2 Å². The molecule has 2 aromatic carbocycles. The van der Waals surface area contributed by atoms with Crippen LogP contribution in [0.1, 0.15) is 26.3 Å². The van der Waals surface area contributed by atoms with Gasteiger partial charge in [0.15, 0.2) is 0 Å². The molecular formula is C20H17N3O4. The summed E-state index contributed by atoms with van der Waals surface area (Å²) in [4.78, 5) is 51.7. The zero-order valence-corrected chi connectivity index (χ0v) is 14.5. The quantitative estimate of drug-likeness (QED) is 0.821. The maximum Gasteiger partial charge on any atom is 0.262 e. The molecule has 0 saturated heterocycles. The Morgan fingerprint density at radius 3 is 2.26 bits per heavy atom. The number of carbonyl (C=O) groups is 4. The third kappa shape index (κ3) is 2.97. The van der Waals surface area contributed by atoms with Gasteiger partial charge < -0.3 is 10.2 Å². The zero-order valence-electron chi connectivity index (χ0n) is 14.5. The van der Waals surface area contributed by atoms with Gasteiger partial charge in [0.25, 0.3) is 11.8 Å².